The van der Waals surface area contributed by atoms with Gasteiger partial charge in [0.15, 0.2) is 17.2 Å². The molecule has 0 unspecified atom stereocenters. The van der Waals surface area contributed by atoms with E-state index in [0.29, 0.717) is 18.8 Å². The number of hydrogen-bond donors (Lipinski definition) is 0. The lowest BCUT2D eigenvalue weighted by Gasteiger charge is -2.20. The van der Waals surface area contributed by atoms with Gasteiger partial charge in [0.25, 0.3) is 0 Å². The van der Waals surface area contributed by atoms with Crippen molar-refractivity contribution in [1.82, 2.24) is 4.90 Å². The summed E-state index contributed by atoms with van der Waals surface area (Å²) in [5.41, 5.74) is 0.116. The van der Waals surface area contributed by atoms with Gasteiger partial charge in [-0.2, -0.15) is 0 Å². The average molecular weight is 394 g/mol. The smallest absolute Gasteiger partial charge is 0.347 e. The molecular formula is C20H24F2N2O4. The van der Waals surface area contributed by atoms with E-state index in [-0.39, 0.29) is 36.6 Å². The van der Waals surface area contributed by atoms with Gasteiger partial charge in [0.2, 0.25) is 0 Å². The van der Waals surface area contributed by atoms with Crippen LogP contribution in [0.1, 0.15) is 39.2 Å². The lowest BCUT2D eigenvalue weighted by molar-refractivity contribution is -0.146. The molecule has 1 heterocycles. The van der Waals surface area contributed by atoms with Gasteiger partial charge >= 0.3 is 11.9 Å². The van der Waals surface area contributed by atoms with E-state index in [0.717, 1.165) is 12.5 Å². The normalized spacial score (nSPS) is 14.9. The summed E-state index contributed by atoms with van der Waals surface area (Å²) in [7, 11) is 0. The number of halogens is 2. The van der Waals surface area contributed by atoms with E-state index in [9.17, 15) is 18.4 Å². The molecule has 0 atom stereocenters. The van der Waals surface area contributed by atoms with Crippen molar-refractivity contribution in [2.24, 2.45) is 4.99 Å². The molecule has 28 heavy (non-hydrogen) atoms. The second kappa shape index (κ2) is 9.96. The van der Waals surface area contributed by atoms with Gasteiger partial charge in [-0.3, -0.25) is 0 Å². The Morgan fingerprint density at radius 1 is 1.14 bits per heavy atom. The maximum atomic E-state index is 14.0. The van der Waals surface area contributed by atoms with E-state index in [1.54, 1.807) is 18.7 Å². The summed E-state index contributed by atoms with van der Waals surface area (Å²) in [6.45, 7) is 5.75. The van der Waals surface area contributed by atoms with Crippen LogP contribution in [0.15, 0.2) is 34.5 Å². The number of amidine groups is 1. The summed E-state index contributed by atoms with van der Waals surface area (Å²) < 4.78 is 37.3. The summed E-state index contributed by atoms with van der Waals surface area (Å²) in [4.78, 5) is 30.6. The van der Waals surface area contributed by atoms with Crippen LogP contribution in [-0.2, 0) is 25.6 Å². The number of carbonyl (C=O) groups excluding carboxylic acids is 2. The molecule has 0 spiro atoms. The minimum Gasteiger partial charge on any atom is -0.462 e. The maximum absolute atomic E-state index is 14.0. The summed E-state index contributed by atoms with van der Waals surface area (Å²) >= 11 is 0. The van der Waals surface area contributed by atoms with Crippen LogP contribution in [0.4, 0.5) is 8.78 Å². The van der Waals surface area contributed by atoms with Crippen LogP contribution < -0.4 is 0 Å². The average Bonchev–Trinajstić information content (AvgIpc) is 3.06. The number of rotatable bonds is 7. The van der Waals surface area contributed by atoms with Crippen LogP contribution >= 0.6 is 0 Å². The van der Waals surface area contributed by atoms with Crippen LogP contribution in [0.25, 0.3) is 0 Å². The van der Waals surface area contributed by atoms with E-state index in [4.69, 9.17) is 9.47 Å². The van der Waals surface area contributed by atoms with Crippen molar-refractivity contribution in [3.8, 4) is 0 Å². The molecule has 1 aromatic carbocycles. The second-order valence-electron chi connectivity index (χ2n) is 6.17. The molecule has 1 aromatic rings. The van der Waals surface area contributed by atoms with Crippen LogP contribution in [0.5, 0.6) is 0 Å². The van der Waals surface area contributed by atoms with Gasteiger partial charge in [-0.15, -0.1) is 0 Å². The Morgan fingerprint density at radius 3 is 2.39 bits per heavy atom. The fourth-order valence-electron chi connectivity index (χ4n) is 2.92. The van der Waals surface area contributed by atoms with Gasteiger partial charge in [-0.25, -0.2) is 23.4 Å². The van der Waals surface area contributed by atoms with Gasteiger partial charge in [0.1, 0.15) is 5.84 Å². The first-order valence-corrected chi connectivity index (χ1v) is 9.19. The molecule has 0 aliphatic carbocycles. The Morgan fingerprint density at radius 2 is 1.79 bits per heavy atom. The van der Waals surface area contributed by atoms with Gasteiger partial charge in [0.05, 0.1) is 18.9 Å². The molecule has 0 amide bonds. The minimum absolute atomic E-state index is 0.108. The first-order chi connectivity index (χ1) is 13.4. The largest absolute Gasteiger partial charge is 0.462 e. The fraction of sp³-hybridized carbons (Fsp3) is 0.450. The molecule has 6 nitrogen and oxygen atoms in total. The molecule has 1 saturated heterocycles. The fourth-order valence-corrected chi connectivity index (χ4v) is 2.92. The second-order valence-corrected chi connectivity index (χ2v) is 6.17. The summed E-state index contributed by atoms with van der Waals surface area (Å²) in [5.74, 6) is -2.81. The van der Waals surface area contributed by atoms with Crippen LogP contribution in [0.3, 0.4) is 0 Å². The van der Waals surface area contributed by atoms with E-state index >= 15 is 0 Å². The molecule has 2 rings (SSSR count). The van der Waals surface area contributed by atoms with Crippen molar-refractivity contribution in [2.75, 3.05) is 19.8 Å². The Bertz CT molecular complexity index is 785. The van der Waals surface area contributed by atoms with Crippen molar-refractivity contribution < 1.29 is 27.8 Å². The molecule has 1 aliphatic heterocycles. The Hall–Kier alpha value is -2.77. The zero-order valence-corrected chi connectivity index (χ0v) is 16.3. The number of aliphatic imine (C=N–C) groups is 1. The van der Waals surface area contributed by atoms with Gasteiger partial charge in [-0.05, 0) is 33.3 Å². The molecular weight excluding hydrogens is 370 g/mol. The van der Waals surface area contributed by atoms with Crippen LogP contribution in [0.2, 0.25) is 0 Å². The summed E-state index contributed by atoms with van der Waals surface area (Å²) in [6, 6.07) is 4.03. The maximum Gasteiger partial charge on any atom is 0.347 e. The predicted octanol–water partition coefficient (Wildman–Crippen LogP) is 3.36. The summed E-state index contributed by atoms with van der Waals surface area (Å²) in [6.07, 6.45) is 1.37. The molecule has 8 heteroatoms. The third kappa shape index (κ3) is 5.15. The molecule has 1 aliphatic rings. The monoisotopic (exact) mass is 394 g/mol. The van der Waals surface area contributed by atoms with Crippen molar-refractivity contribution >= 4 is 17.8 Å². The lowest BCUT2D eigenvalue weighted by Crippen LogP contribution is -2.26. The first kappa shape index (κ1) is 21.5. The van der Waals surface area contributed by atoms with Gasteiger partial charge < -0.3 is 14.4 Å². The SMILES string of the molecule is CCOC(=O)C(C(=O)OCC)=C(C)N=C1CCCN1Cc1cccc(F)c1F. The number of benzene rings is 1. The number of carbonyl (C=O) groups is 2. The number of ether oxygens (including phenoxy) is 2. The zero-order valence-electron chi connectivity index (χ0n) is 16.3. The Kier molecular flexibility index (Phi) is 7.66. The van der Waals surface area contributed by atoms with Crippen LogP contribution in [0, 0.1) is 11.6 Å². The third-order valence-corrected chi connectivity index (χ3v) is 4.20. The number of allylic oxidation sites excluding steroid dienone is 1. The third-order valence-electron chi connectivity index (χ3n) is 4.20. The quantitative estimate of drug-likeness (QED) is 0.307. The molecule has 1 fully saturated rings. The van der Waals surface area contributed by atoms with Gasteiger partial charge in [-0.1, -0.05) is 12.1 Å². The van der Waals surface area contributed by atoms with Crippen LogP contribution in [-0.4, -0.2) is 42.4 Å². The topological polar surface area (TPSA) is 68.2 Å². The minimum atomic E-state index is -0.904. The summed E-state index contributed by atoms with van der Waals surface area (Å²) in [5, 5.41) is 0. The molecule has 0 N–H and O–H groups in total. The first-order valence-electron chi connectivity index (χ1n) is 9.19. The van der Waals surface area contributed by atoms with Crippen molar-refractivity contribution in [3.05, 3.63) is 46.7 Å². The van der Waals surface area contributed by atoms with E-state index in [1.807, 2.05) is 0 Å². The van der Waals surface area contributed by atoms with E-state index < -0.39 is 23.6 Å². The molecule has 152 valence electrons. The molecule has 0 radical (unpaired) electrons. The highest BCUT2D eigenvalue weighted by molar-refractivity contribution is 6.14. The van der Waals surface area contributed by atoms with E-state index in [2.05, 4.69) is 4.99 Å². The van der Waals surface area contributed by atoms with Crippen molar-refractivity contribution in [2.45, 2.75) is 40.2 Å². The number of likely N-dealkylation sites (tertiary alicyclic amines) is 1. The van der Waals surface area contributed by atoms with Gasteiger partial charge in [0, 0.05) is 25.1 Å². The highest BCUT2D eigenvalue weighted by Gasteiger charge is 2.26. The number of nitrogens with zero attached hydrogens (tertiary/aromatic N) is 2. The van der Waals surface area contributed by atoms with E-state index in [1.165, 1.54) is 19.1 Å². The molecule has 0 saturated carbocycles. The highest BCUT2D eigenvalue weighted by Crippen LogP contribution is 2.21. The van der Waals surface area contributed by atoms with Crippen molar-refractivity contribution in [3.63, 3.8) is 0 Å². The zero-order chi connectivity index (χ0) is 20.7. The lowest BCUT2D eigenvalue weighted by atomic mass is 10.2. The van der Waals surface area contributed by atoms with Crippen molar-refractivity contribution in [1.29, 1.82) is 0 Å². The molecule has 0 bridgehead atoms. The Balaban J connectivity index is 2.32. The number of hydrogen-bond acceptors (Lipinski definition) is 5. The highest BCUT2D eigenvalue weighted by atomic mass is 19.2. The predicted molar refractivity (Wildman–Crippen MR) is 99.4 cm³/mol. The standard InChI is InChI=1S/C20H24F2N2O4/c1-4-27-19(25)17(20(26)28-5-2)13(3)23-16-10-7-11-24(16)12-14-8-6-9-15(21)18(14)22/h6,8-9H,4-5,7,10-12H2,1-3H3. The number of esters is 2. The Labute approximate surface area is 162 Å². The molecule has 0 aromatic heterocycles.